The Bertz CT molecular complexity index is 605. The number of carbonyl (C=O) groups is 1. The Labute approximate surface area is 122 Å². The van der Waals surface area contributed by atoms with Crippen molar-refractivity contribution in [1.29, 1.82) is 0 Å². The van der Waals surface area contributed by atoms with Gasteiger partial charge in [-0.3, -0.25) is 4.79 Å². The molecule has 0 aliphatic heterocycles. The summed E-state index contributed by atoms with van der Waals surface area (Å²) in [5.41, 5.74) is -0.266. The van der Waals surface area contributed by atoms with Crippen molar-refractivity contribution in [3.05, 3.63) is 29.8 Å². The van der Waals surface area contributed by atoms with Crippen LogP contribution < -0.4 is 5.32 Å². The summed E-state index contributed by atoms with van der Waals surface area (Å²) in [6, 6.07) is 5.86. The molecule has 110 valence electrons. The van der Waals surface area contributed by atoms with Crippen LogP contribution in [-0.2, 0) is 13.8 Å². The van der Waals surface area contributed by atoms with E-state index in [0.29, 0.717) is 6.54 Å². The fraction of sp³-hybridized carbons (Fsp3) is 0.462. The number of benzene rings is 1. The average molecular weight is 318 g/mol. The smallest absolute Gasteiger partial charge is 0.262 e. The van der Waals surface area contributed by atoms with E-state index < -0.39 is 15.0 Å². The van der Waals surface area contributed by atoms with Crippen LogP contribution in [0.25, 0.3) is 0 Å². The van der Waals surface area contributed by atoms with Crippen LogP contribution >= 0.6 is 10.7 Å². The summed E-state index contributed by atoms with van der Waals surface area (Å²) in [4.78, 5) is 11.9. The van der Waals surface area contributed by atoms with Crippen molar-refractivity contribution < 1.29 is 17.9 Å². The number of hydrogen-bond donors (Lipinski definition) is 1. The van der Waals surface area contributed by atoms with Gasteiger partial charge in [-0.15, -0.1) is 0 Å². The van der Waals surface area contributed by atoms with Crippen molar-refractivity contribution in [1.82, 2.24) is 5.32 Å². The minimum Gasteiger partial charge on any atom is -0.376 e. The number of methoxy groups -OCH3 is 1. The predicted molar refractivity (Wildman–Crippen MR) is 75.4 cm³/mol. The first-order valence-electron chi connectivity index (χ1n) is 6.25. The second-order valence-electron chi connectivity index (χ2n) is 4.86. The van der Waals surface area contributed by atoms with Crippen LogP contribution in [0.4, 0.5) is 0 Å². The Morgan fingerprint density at radius 1 is 1.40 bits per heavy atom. The van der Waals surface area contributed by atoms with Crippen LogP contribution in [-0.4, -0.2) is 33.6 Å². The molecule has 1 aromatic carbocycles. The van der Waals surface area contributed by atoms with Gasteiger partial charge in [0.25, 0.3) is 15.0 Å². The molecule has 1 amide bonds. The topological polar surface area (TPSA) is 72.5 Å². The van der Waals surface area contributed by atoms with Crippen molar-refractivity contribution in [2.75, 3.05) is 13.7 Å². The Morgan fingerprint density at radius 2 is 2.05 bits per heavy atom. The maximum Gasteiger partial charge on any atom is 0.262 e. The molecule has 1 aliphatic carbocycles. The molecular formula is C13H16ClNO4S. The highest BCUT2D eigenvalue weighted by Crippen LogP contribution is 2.34. The summed E-state index contributed by atoms with van der Waals surface area (Å²) in [5, 5.41) is 2.72. The molecule has 0 aromatic heterocycles. The number of amides is 1. The lowest BCUT2D eigenvalue weighted by Crippen LogP contribution is -2.49. The molecule has 5 nitrogen and oxygen atoms in total. The highest BCUT2D eigenvalue weighted by Gasteiger charge is 2.37. The lowest BCUT2D eigenvalue weighted by molar-refractivity contribution is -0.0679. The zero-order valence-electron chi connectivity index (χ0n) is 11.1. The maximum absolute atomic E-state index is 12.1. The monoisotopic (exact) mass is 317 g/mol. The second-order valence-corrected chi connectivity index (χ2v) is 7.39. The third-order valence-electron chi connectivity index (χ3n) is 3.66. The lowest BCUT2D eigenvalue weighted by Gasteiger charge is -2.40. The Morgan fingerprint density at radius 3 is 2.55 bits per heavy atom. The molecule has 0 bridgehead atoms. The number of ether oxygens (including phenoxy) is 1. The molecule has 1 aromatic rings. The van der Waals surface area contributed by atoms with Crippen LogP contribution in [0, 0.1) is 0 Å². The molecule has 0 spiro atoms. The van der Waals surface area contributed by atoms with Gasteiger partial charge in [0.1, 0.15) is 0 Å². The van der Waals surface area contributed by atoms with Gasteiger partial charge in [-0.1, -0.05) is 12.1 Å². The summed E-state index contributed by atoms with van der Waals surface area (Å²) in [5.74, 6) is -0.465. The number of rotatable bonds is 5. The Balaban J connectivity index is 2.14. The molecule has 1 fully saturated rings. The molecule has 20 heavy (non-hydrogen) atoms. The second kappa shape index (κ2) is 5.71. The summed E-state index contributed by atoms with van der Waals surface area (Å²) in [6.45, 7) is 0.360. The Hall–Kier alpha value is -1.11. The highest BCUT2D eigenvalue weighted by atomic mass is 35.7. The molecule has 0 radical (unpaired) electrons. The lowest BCUT2D eigenvalue weighted by atomic mass is 9.80. The van der Waals surface area contributed by atoms with Gasteiger partial charge in [0.15, 0.2) is 0 Å². The standard InChI is InChI=1S/C13H16ClNO4S/c1-19-13(7-4-8-13)9-15-12(16)10-5-2-3-6-11(10)20(14,17)18/h2-3,5-6H,4,7-9H2,1H3,(H,15,16). The molecule has 1 aliphatic rings. The molecule has 1 saturated carbocycles. The van der Waals surface area contributed by atoms with Crippen LogP contribution in [0.5, 0.6) is 0 Å². The van der Waals surface area contributed by atoms with E-state index in [1.807, 2.05) is 0 Å². The van der Waals surface area contributed by atoms with E-state index in [0.717, 1.165) is 19.3 Å². The SMILES string of the molecule is COC1(CNC(=O)c2ccccc2S(=O)(=O)Cl)CCC1. The van der Waals surface area contributed by atoms with E-state index in [2.05, 4.69) is 5.32 Å². The van der Waals surface area contributed by atoms with Crippen molar-refractivity contribution in [2.24, 2.45) is 0 Å². The molecule has 0 heterocycles. The number of hydrogen-bond acceptors (Lipinski definition) is 4. The van der Waals surface area contributed by atoms with Crippen LogP contribution in [0.15, 0.2) is 29.2 Å². The van der Waals surface area contributed by atoms with Gasteiger partial charge in [-0.05, 0) is 31.4 Å². The third-order valence-corrected chi connectivity index (χ3v) is 5.04. The highest BCUT2D eigenvalue weighted by molar-refractivity contribution is 8.13. The first-order chi connectivity index (χ1) is 9.38. The van der Waals surface area contributed by atoms with Crippen molar-refractivity contribution in [2.45, 2.75) is 29.8 Å². The van der Waals surface area contributed by atoms with Gasteiger partial charge in [-0.25, -0.2) is 8.42 Å². The van der Waals surface area contributed by atoms with Gasteiger partial charge in [-0.2, -0.15) is 0 Å². The number of nitrogens with one attached hydrogen (secondary N) is 1. The van der Waals surface area contributed by atoms with Crippen molar-refractivity contribution >= 4 is 25.6 Å². The third kappa shape index (κ3) is 3.13. The molecule has 2 rings (SSSR count). The van der Waals surface area contributed by atoms with Gasteiger partial charge >= 0.3 is 0 Å². The van der Waals surface area contributed by atoms with Crippen molar-refractivity contribution in [3.63, 3.8) is 0 Å². The zero-order chi connectivity index (χ0) is 14.8. The van der Waals surface area contributed by atoms with E-state index in [9.17, 15) is 13.2 Å². The minimum atomic E-state index is -3.95. The van der Waals surface area contributed by atoms with E-state index in [1.165, 1.54) is 18.2 Å². The average Bonchev–Trinajstić information content (AvgIpc) is 2.37. The fourth-order valence-corrected chi connectivity index (χ4v) is 3.30. The summed E-state index contributed by atoms with van der Waals surface area (Å²) in [6.07, 6.45) is 2.84. The molecular weight excluding hydrogens is 302 g/mol. The van der Waals surface area contributed by atoms with Gasteiger partial charge < -0.3 is 10.1 Å². The van der Waals surface area contributed by atoms with Crippen LogP contribution in [0.3, 0.4) is 0 Å². The van der Waals surface area contributed by atoms with Gasteiger partial charge in [0, 0.05) is 24.3 Å². The molecule has 7 heteroatoms. The van der Waals surface area contributed by atoms with Gasteiger partial charge in [0.2, 0.25) is 0 Å². The molecule has 1 N–H and O–H groups in total. The largest absolute Gasteiger partial charge is 0.376 e. The van der Waals surface area contributed by atoms with Gasteiger partial charge in [0.05, 0.1) is 16.1 Å². The number of halogens is 1. The minimum absolute atomic E-state index is 0.0491. The Kier molecular flexibility index (Phi) is 4.36. The van der Waals surface area contributed by atoms with E-state index >= 15 is 0 Å². The van der Waals surface area contributed by atoms with E-state index in [4.69, 9.17) is 15.4 Å². The predicted octanol–water partition coefficient (Wildman–Crippen LogP) is 1.91. The molecule has 0 atom stereocenters. The maximum atomic E-state index is 12.1. The summed E-state index contributed by atoms with van der Waals surface area (Å²) < 4.78 is 28.3. The first kappa shape index (κ1) is 15.3. The van der Waals surface area contributed by atoms with E-state index in [1.54, 1.807) is 13.2 Å². The summed E-state index contributed by atoms with van der Waals surface area (Å²) in [7, 11) is 3.00. The van der Waals surface area contributed by atoms with Crippen LogP contribution in [0.1, 0.15) is 29.6 Å². The normalized spacial score (nSPS) is 17.3. The molecule has 0 saturated heterocycles. The van der Waals surface area contributed by atoms with Crippen LogP contribution in [0.2, 0.25) is 0 Å². The fourth-order valence-electron chi connectivity index (χ4n) is 2.23. The zero-order valence-corrected chi connectivity index (χ0v) is 12.6. The summed E-state index contributed by atoms with van der Waals surface area (Å²) >= 11 is 0. The molecule has 0 unspecified atom stereocenters. The quantitative estimate of drug-likeness (QED) is 0.842. The first-order valence-corrected chi connectivity index (χ1v) is 8.56. The number of carbonyl (C=O) groups excluding carboxylic acids is 1. The van der Waals surface area contributed by atoms with E-state index in [-0.39, 0.29) is 16.1 Å². The van der Waals surface area contributed by atoms with Crippen molar-refractivity contribution in [3.8, 4) is 0 Å².